The van der Waals surface area contributed by atoms with Crippen LogP contribution in [0.3, 0.4) is 0 Å². The van der Waals surface area contributed by atoms with Crippen molar-refractivity contribution in [2.45, 2.75) is 80.1 Å². The minimum absolute atomic E-state index is 0.445. The first-order chi connectivity index (χ1) is 8.71. The number of rotatable bonds is 0. The predicted molar refractivity (Wildman–Crippen MR) is 84.4 cm³/mol. The van der Waals surface area contributed by atoms with E-state index in [0.717, 1.165) is 25.0 Å². The van der Waals surface area contributed by atoms with E-state index in [1.807, 2.05) is 0 Å². The molecule has 2 rings (SSSR count). The van der Waals surface area contributed by atoms with Crippen LogP contribution in [0.4, 0.5) is 0 Å². The lowest BCUT2D eigenvalue weighted by Crippen LogP contribution is -2.29. The quantitative estimate of drug-likeness (QED) is 0.549. The molecule has 114 valence electrons. The standard InChI is InChI=1S/C9H18O.C9H18/c1-9(2,3)8-5-4-6-10-7-8;1-9(2,3)8-6-4-5-7-8/h8H,4-7H2,1-3H3;8H,4-7H2,1-3H3. The van der Waals surface area contributed by atoms with Crippen LogP contribution in [0, 0.1) is 22.7 Å². The zero-order valence-corrected chi connectivity index (χ0v) is 14.2. The van der Waals surface area contributed by atoms with Gasteiger partial charge in [-0.05, 0) is 48.3 Å². The maximum Gasteiger partial charge on any atom is 0.0499 e. The van der Waals surface area contributed by atoms with Crippen molar-refractivity contribution in [3.63, 3.8) is 0 Å². The fraction of sp³-hybridized carbons (Fsp3) is 1.00. The third kappa shape index (κ3) is 6.29. The third-order valence-corrected chi connectivity index (χ3v) is 4.96. The third-order valence-electron chi connectivity index (χ3n) is 4.96. The van der Waals surface area contributed by atoms with Gasteiger partial charge in [0.1, 0.15) is 0 Å². The van der Waals surface area contributed by atoms with Crippen molar-refractivity contribution < 1.29 is 4.74 Å². The summed E-state index contributed by atoms with van der Waals surface area (Å²) in [5, 5.41) is 0. The first-order valence-corrected chi connectivity index (χ1v) is 8.29. The lowest BCUT2D eigenvalue weighted by molar-refractivity contribution is 0.0103. The van der Waals surface area contributed by atoms with E-state index < -0.39 is 0 Å². The molecule has 1 atom stereocenters. The minimum Gasteiger partial charge on any atom is -0.381 e. The zero-order chi connectivity index (χ0) is 14.5. The number of ether oxygens (including phenoxy) is 1. The van der Waals surface area contributed by atoms with Crippen LogP contribution in [0.15, 0.2) is 0 Å². The highest BCUT2D eigenvalue weighted by Crippen LogP contribution is 2.38. The smallest absolute Gasteiger partial charge is 0.0499 e. The maximum absolute atomic E-state index is 5.41. The molecule has 0 bridgehead atoms. The molecular weight excluding hydrogens is 232 g/mol. The van der Waals surface area contributed by atoms with E-state index in [-0.39, 0.29) is 0 Å². The van der Waals surface area contributed by atoms with Gasteiger partial charge in [0.25, 0.3) is 0 Å². The Morgan fingerprint density at radius 3 is 1.42 bits per heavy atom. The Labute approximate surface area is 121 Å². The molecule has 0 amide bonds. The summed E-state index contributed by atoms with van der Waals surface area (Å²) in [6, 6.07) is 0. The van der Waals surface area contributed by atoms with Crippen LogP contribution in [0.2, 0.25) is 0 Å². The molecule has 0 aromatic carbocycles. The molecule has 1 heteroatoms. The van der Waals surface area contributed by atoms with Crippen molar-refractivity contribution in [2.75, 3.05) is 13.2 Å². The Kier molecular flexibility index (Phi) is 6.36. The van der Waals surface area contributed by atoms with Gasteiger partial charge in [-0.15, -0.1) is 0 Å². The van der Waals surface area contributed by atoms with Gasteiger partial charge in [0.05, 0.1) is 0 Å². The zero-order valence-electron chi connectivity index (χ0n) is 14.2. The van der Waals surface area contributed by atoms with Gasteiger partial charge in [-0.3, -0.25) is 0 Å². The van der Waals surface area contributed by atoms with E-state index in [1.165, 1.54) is 38.5 Å². The summed E-state index contributed by atoms with van der Waals surface area (Å²) >= 11 is 0. The van der Waals surface area contributed by atoms with Gasteiger partial charge in [-0.2, -0.15) is 0 Å². The normalized spacial score (nSPS) is 25.9. The fourth-order valence-corrected chi connectivity index (χ4v) is 3.22. The van der Waals surface area contributed by atoms with Gasteiger partial charge in [-0.1, -0.05) is 54.4 Å². The maximum atomic E-state index is 5.41. The van der Waals surface area contributed by atoms with Crippen molar-refractivity contribution in [1.29, 1.82) is 0 Å². The van der Waals surface area contributed by atoms with E-state index in [4.69, 9.17) is 4.74 Å². The summed E-state index contributed by atoms with van der Waals surface area (Å²) in [4.78, 5) is 0. The van der Waals surface area contributed by atoms with Gasteiger partial charge in [-0.25, -0.2) is 0 Å². The highest BCUT2D eigenvalue weighted by molar-refractivity contribution is 4.78. The van der Waals surface area contributed by atoms with Gasteiger partial charge < -0.3 is 4.74 Å². The number of hydrogen-bond donors (Lipinski definition) is 0. The average molecular weight is 268 g/mol. The van der Waals surface area contributed by atoms with Gasteiger partial charge in [0.2, 0.25) is 0 Å². The Balaban J connectivity index is 0.000000191. The first kappa shape index (κ1) is 17.0. The highest BCUT2D eigenvalue weighted by atomic mass is 16.5. The van der Waals surface area contributed by atoms with E-state index >= 15 is 0 Å². The Morgan fingerprint density at radius 1 is 0.684 bits per heavy atom. The van der Waals surface area contributed by atoms with Crippen molar-refractivity contribution in [3.05, 3.63) is 0 Å². The van der Waals surface area contributed by atoms with Crippen LogP contribution in [-0.4, -0.2) is 13.2 Å². The molecule has 0 radical (unpaired) electrons. The second-order valence-corrected chi connectivity index (χ2v) is 8.63. The molecule has 1 unspecified atom stereocenters. The van der Waals surface area contributed by atoms with Crippen LogP contribution >= 0.6 is 0 Å². The van der Waals surface area contributed by atoms with Crippen LogP contribution in [0.1, 0.15) is 80.1 Å². The molecule has 1 heterocycles. The summed E-state index contributed by atoms with van der Waals surface area (Å²) in [5.74, 6) is 1.79. The Bertz CT molecular complexity index is 231. The lowest BCUT2D eigenvalue weighted by atomic mass is 9.78. The fourth-order valence-electron chi connectivity index (χ4n) is 3.22. The van der Waals surface area contributed by atoms with Crippen LogP contribution in [-0.2, 0) is 4.74 Å². The highest BCUT2D eigenvalue weighted by Gasteiger charge is 2.27. The first-order valence-electron chi connectivity index (χ1n) is 8.29. The summed E-state index contributed by atoms with van der Waals surface area (Å²) < 4.78 is 5.41. The molecule has 0 spiro atoms. The Morgan fingerprint density at radius 2 is 1.16 bits per heavy atom. The van der Waals surface area contributed by atoms with Crippen molar-refractivity contribution >= 4 is 0 Å². The molecule has 1 nitrogen and oxygen atoms in total. The van der Waals surface area contributed by atoms with Gasteiger partial charge in [0.15, 0.2) is 0 Å². The van der Waals surface area contributed by atoms with Crippen molar-refractivity contribution in [3.8, 4) is 0 Å². The largest absolute Gasteiger partial charge is 0.381 e. The lowest BCUT2D eigenvalue weighted by Gasteiger charge is -2.33. The predicted octanol–water partition coefficient (Wildman–Crippen LogP) is 5.68. The second-order valence-electron chi connectivity index (χ2n) is 8.63. The minimum atomic E-state index is 0.445. The SMILES string of the molecule is CC(C)(C)C1CCCC1.CC(C)(C)C1CCCOC1. The molecule has 0 aromatic rings. The van der Waals surface area contributed by atoms with Gasteiger partial charge >= 0.3 is 0 Å². The topological polar surface area (TPSA) is 9.23 Å². The average Bonchev–Trinajstić information content (AvgIpc) is 2.83. The molecule has 19 heavy (non-hydrogen) atoms. The molecule has 1 aliphatic carbocycles. The molecule has 2 fully saturated rings. The number of hydrogen-bond acceptors (Lipinski definition) is 1. The molecule has 0 aromatic heterocycles. The monoisotopic (exact) mass is 268 g/mol. The molecular formula is C18H36O. The summed E-state index contributed by atoms with van der Waals surface area (Å²) in [6.07, 6.45) is 8.50. The van der Waals surface area contributed by atoms with E-state index in [2.05, 4.69) is 41.5 Å². The summed E-state index contributed by atoms with van der Waals surface area (Å²) in [6.45, 7) is 15.9. The summed E-state index contributed by atoms with van der Waals surface area (Å²) in [5.41, 5.74) is 1.02. The summed E-state index contributed by atoms with van der Waals surface area (Å²) in [7, 11) is 0. The van der Waals surface area contributed by atoms with Crippen molar-refractivity contribution in [2.24, 2.45) is 22.7 Å². The molecule has 2 aliphatic rings. The molecule has 1 saturated carbocycles. The van der Waals surface area contributed by atoms with Crippen LogP contribution in [0.25, 0.3) is 0 Å². The van der Waals surface area contributed by atoms with E-state index in [1.54, 1.807) is 0 Å². The second kappa shape index (κ2) is 7.11. The van der Waals surface area contributed by atoms with Crippen molar-refractivity contribution in [1.82, 2.24) is 0 Å². The molecule has 0 N–H and O–H groups in total. The van der Waals surface area contributed by atoms with E-state index in [9.17, 15) is 0 Å². The van der Waals surface area contributed by atoms with Crippen LogP contribution in [0.5, 0.6) is 0 Å². The van der Waals surface area contributed by atoms with Crippen LogP contribution < -0.4 is 0 Å². The Hall–Kier alpha value is -0.0400. The van der Waals surface area contributed by atoms with Gasteiger partial charge in [0, 0.05) is 13.2 Å². The molecule has 1 saturated heterocycles. The molecule has 1 aliphatic heterocycles. The van der Waals surface area contributed by atoms with E-state index in [0.29, 0.717) is 10.8 Å².